The van der Waals surface area contributed by atoms with E-state index in [1.807, 2.05) is 26.0 Å². The summed E-state index contributed by atoms with van der Waals surface area (Å²) in [6.45, 7) is 5.52. The molecular weight excluding hydrogens is 178 g/mol. The molecule has 2 rings (SSSR count). The summed E-state index contributed by atoms with van der Waals surface area (Å²) in [7, 11) is 0. The Hall–Kier alpha value is -1.09. The fourth-order valence-electron chi connectivity index (χ4n) is 1.87. The van der Waals surface area contributed by atoms with Gasteiger partial charge in [-0.2, -0.15) is 0 Å². The molecule has 14 heavy (non-hydrogen) atoms. The molecule has 1 aliphatic rings. The molecule has 2 heterocycles. The summed E-state index contributed by atoms with van der Waals surface area (Å²) >= 11 is 0. The smallest absolute Gasteiger partial charge is 0.153 e. The van der Waals surface area contributed by atoms with Gasteiger partial charge in [-0.15, -0.1) is 0 Å². The van der Waals surface area contributed by atoms with E-state index in [4.69, 9.17) is 4.42 Å². The van der Waals surface area contributed by atoms with Gasteiger partial charge in [-0.1, -0.05) is 0 Å². The zero-order valence-corrected chi connectivity index (χ0v) is 8.62. The van der Waals surface area contributed by atoms with Gasteiger partial charge < -0.3 is 4.42 Å². The molecule has 0 bridgehead atoms. The van der Waals surface area contributed by atoms with Crippen LogP contribution in [-0.2, 0) is 11.3 Å². The van der Waals surface area contributed by atoms with Crippen molar-refractivity contribution in [2.75, 3.05) is 6.54 Å². The number of ketones is 1. The molecule has 0 radical (unpaired) electrons. The lowest BCUT2D eigenvalue weighted by molar-refractivity contribution is -0.123. The van der Waals surface area contributed by atoms with Crippen molar-refractivity contribution in [1.29, 1.82) is 0 Å². The molecule has 3 nitrogen and oxygen atoms in total. The molecule has 0 N–H and O–H groups in total. The minimum Gasteiger partial charge on any atom is -0.468 e. The molecule has 76 valence electrons. The SMILES string of the molecule is CC1(C)C(=O)CCN1Cc1ccco1. The minimum absolute atomic E-state index is 0.323. The van der Waals surface area contributed by atoms with E-state index < -0.39 is 0 Å². The van der Waals surface area contributed by atoms with Gasteiger partial charge in [0.05, 0.1) is 18.3 Å². The number of Topliss-reactive ketones (excluding diaryl/α,β-unsaturated/α-hetero) is 1. The van der Waals surface area contributed by atoms with Crippen LogP contribution in [0.3, 0.4) is 0 Å². The highest BCUT2D eigenvalue weighted by molar-refractivity contribution is 5.89. The molecule has 1 fully saturated rings. The third kappa shape index (κ3) is 1.48. The Morgan fingerprint density at radius 3 is 2.86 bits per heavy atom. The van der Waals surface area contributed by atoms with E-state index >= 15 is 0 Å². The molecule has 1 aliphatic heterocycles. The Balaban J connectivity index is 2.10. The summed E-state index contributed by atoms with van der Waals surface area (Å²) in [6.07, 6.45) is 2.33. The molecule has 0 aromatic carbocycles. The van der Waals surface area contributed by atoms with E-state index in [-0.39, 0.29) is 5.54 Å². The standard InChI is InChI=1S/C11H15NO2/c1-11(2)10(13)5-6-12(11)8-9-4-3-7-14-9/h3-4,7H,5-6,8H2,1-2H3. The van der Waals surface area contributed by atoms with E-state index in [0.29, 0.717) is 12.2 Å². The average Bonchev–Trinajstić information content (AvgIpc) is 2.70. The lowest BCUT2D eigenvalue weighted by Gasteiger charge is -2.28. The van der Waals surface area contributed by atoms with Crippen LogP contribution in [0.1, 0.15) is 26.0 Å². The van der Waals surface area contributed by atoms with Crippen LogP contribution >= 0.6 is 0 Å². The number of hydrogen-bond donors (Lipinski definition) is 0. The van der Waals surface area contributed by atoms with E-state index in [2.05, 4.69) is 4.90 Å². The van der Waals surface area contributed by atoms with Crippen LogP contribution in [0.25, 0.3) is 0 Å². The molecule has 0 unspecified atom stereocenters. The van der Waals surface area contributed by atoms with Crippen molar-refractivity contribution in [2.24, 2.45) is 0 Å². The van der Waals surface area contributed by atoms with Crippen molar-refractivity contribution in [3.05, 3.63) is 24.2 Å². The normalized spacial score (nSPS) is 21.7. The highest BCUT2D eigenvalue weighted by atomic mass is 16.3. The Kier molecular flexibility index (Phi) is 2.19. The molecule has 1 aromatic heterocycles. The van der Waals surface area contributed by atoms with E-state index in [0.717, 1.165) is 18.8 Å². The Morgan fingerprint density at radius 2 is 2.36 bits per heavy atom. The van der Waals surface area contributed by atoms with Gasteiger partial charge in [0, 0.05) is 13.0 Å². The number of likely N-dealkylation sites (tertiary alicyclic amines) is 1. The highest BCUT2D eigenvalue weighted by Gasteiger charge is 2.39. The van der Waals surface area contributed by atoms with Gasteiger partial charge >= 0.3 is 0 Å². The quantitative estimate of drug-likeness (QED) is 0.718. The Labute approximate surface area is 83.7 Å². The first-order chi connectivity index (χ1) is 6.60. The van der Waals surface area contributed by atoms with Gasteiger partial charge in [0.1, 0.15) is 5.76 Å². The molecule has 0 aliphatic carbocycles. The predicted molar refractivity (Wildman–Crippen MR) is 52.8 cm³/mol. The molecule has 3 heteroatoms. The second-order valence-corrected chi connectivity index (χ2v) is 4.23. The second kappa shape index (κ2) is 3.24. The lowest BCUT2D eigenvalue weighted by atomic mass is 10.0. The molecule has 1 aromatic rings. The molecular formula is C11H15NO2. The Bertz CT molecular complexity index is 327. The largest absolute Gasteiger partial charge is 0.468 e. The van der Waals surface area contributed by atoms with Crippen LogP contribution in [0.4, 0.5) is 0 Å². The van der Waals surface area contributed by atoms with E-state index in [9.17, 15) is 4.79 Å². The fraction of sp³-hybridized carbons (Fsp3) is 0.545. The van der Waals surface area contributed by atoms with E-state index in [1.54, 1.807) is 6.26 Å². The molecule has 0 atom stereocenters. The van der Waals surface area contributed by atoms with Crippen molar-refractivity contribution in [3.63, 3.8) is 0 Å². The summed E-state index contributed by atoms with van der Waals surface area (Å²) in [5, 5.41) is 0. The van der Waals surface area contributed by atoms with Crippen LogP contribution in [0, 0.1) is 0 Å². The van der Waals surface area contributed by atoms with Gasteiger partial charge in [0.25, 0.3) is 0 Å². The van der Waals surface area contributed by atoms with E-state index in [1.165, 1.54) is 0 Å². The van der Waals surface area contributed by atoms with Gasteiger partial charge in [0.2, 0.25) is 0 Å². The number of carbonyl (C=O) groups excluding carboxylic acids is 1. The first-order valence-corrected chi connectivity index (χ1v) is 4.91. The minimum atomic E-state index is -0.327. The first kappa shape index (κ1) is 9.46. The summed E-state index contributed by atoms with van der Waals surface area (Å²) in [5.74, 6) is 1.25. The zero-order chi connectivity index (χ0) is 10.2. The van der Waals surface area contributed by atoms with Crippen molar-refractivity contribution < 1.29 is 9.21 Å². The molecule has 0 saturated carbocycles. The van der Waals surface area contributed by atoms with Crippen molar-refractivity contribution in [1.82, 2.24) is 4.90 Å². The number of nitrogens with zero attached hydrogens (tertiary/aromatic N) is 1. The number of carbonyl (C=O) groups is 1. The van der Waals surface area contributed by atoms with Gasteiger partial charge in [-0.25, -0.2) is 0 Å². The van der Waals surface area contributed by atoms with Crippen molar-refractivity contribution in [2.45, 2.75) is 32.4 Å². The number of furan rings is 1. The first-order valence-electron chi connectivity index (χ1n) is 4.91. The maximum atomic E-state index is 11.6. The summed E-state index contributed by atoms with van der Waals surface area (Å²) < 4.78 is 5.27. The third-order valence-corrected chi connectivity index (χ3v) is 3.01. The molecule has 0 amide bonds. The van der Waals surface area contributed by atoms with Gasteiger partial charge in [-0.05, 0) is 26.0 Å². The van der Waals surface area contributed by atoms with Crippen molar-refractivity contribution >= 4 is 5.78 Å². The maximum absolute atomic E-state index is 11.6. The summed E-state index contributed by atoms with van der Waals surface area (Å²) in [6, 6.07) is 3.82. The van der Waals surface area contributed by atoms with Crippen LogP contribution in [-0.4, -0.2) is 22.8 Å². The lowest BCUT2D eigenvalue weighted by Crippen LogP contribution is -2.42. The zero-order valence-electron chi connectivity index (χ0n) is 8.62. The van der Waals surface area contributed by atoms with Crippen molar-refractivity contribution in [3.8, 4) is 0 Å². The number of rotatable bonds is 2. The second-order valence-electron chi connectivity index (χ2n) is 4.23. The van der Waals surface area contributed by atoms with Crippen LogP contribution < -0.4 is 0 Å². The highest BCUT2D eigenvalue weighted by Crippen LogP contribution is 2.26. The number of hydrogen-bond acceptors (Lipinski definition) is 3. The summed E-state index contributed by atoms with van der Waals surface area (Å²) in [4.78, 5) is 13.7. The topological polar surface area (TPSA) is 33.5 Å². The van der Waals surface area contributed by atoms with Crippen LogP contribution in [0.2, 0.25) is 0 Å². The monoisotopic (exact) mass is 193 g/mol. The van der Waals surface area contributed by atoms with Gasteiger partial charge in [0.15, 0.2) is 5.78 Å². The molecule has 1 saturated heterocycles. The fourth-order valence-corrected chi connectivity index (χ4v) is 1.87. The summed E-state index contributed by atoms with van der Waals surface area (Å²) in [5.41, 5.74) is -0.327. The van der Waals surface area contributed by atoms with Gasteiger partial charge in [-0.3, -0.25) is 9.69 Å². The van der Waals surface area contributed by atoms with Crippen LogP contribution in [0.15, 0.2) is 22.8 Å². The average molecular weight is 193 g/mol. The Morgan fingerprint density at radius 1 is 1.57 bits per heavy atom. The third-order valence-electron chi connectivity index (χ3n) is 3.01. The predicted octanol–water partition coefficient (Wildman–Crippen LogP) is 1.83. The molecule has 0 spiro atoms. The van der Waals surface area contributed by atoms with Crippen LogP contribution in [0.5, 0.6) is 0 Å². The maximum Gasteiger partial charge on any atom is 0.153 e.